The summed E-state index contributed by atoms with van der Waals surface area (Å²) in [6.07, 6.45) is 1.61. The van der Waals surface area contributed by atoms with Crippen LogP contribution in [0.25, 0.3) is 5.65 Å². The summed E-state index contributed by atoms with van der Waals surface area (Å²) in [6.45, 7) is 3.49. The van der Waals surface area contributed by atoms with Gasteiger partial charge in [0.15, 0.2) is 12.3 Å². The Balaban J connectivity index is 1.18. The summed E-state index contributed by atoms with van der Waals surface area (Å²) in [4.78, 5) is 16.7. The molecule has 0 aliphatic carbocycles. The molecule has 2 unspecified atom stereocenters. The molecule has 8 nitrogen and oxygen atoms in total. The van der Waals surface area contributed by atoms with E-state index in [0.29, 0.717) is 11.8 Å². The molecule has 138 valence electrons. The maximum atomic E-state index is 12.5. The minimum absolute atomic E-state index is 0.0591. The normalized spacial score (nSPS) is 21.6. The molecule has 2 atom stereocenters. The lowest BCUT2D eigenvalue weighted by atomic mass is 10.0. The lowest BCUT2D eigenvalue weighted by molar-refractivity contribution is -0.132. The number of hydrogen-bond donors (Lipinski definition) is 0. The number of para-hydroxylation sites is 1. The third-order valence-corrected chi connectivity index (χ3v) is 5.42. The van der Waals surface area contributed by atoms with Gasteiger partial charge in [-0.15, -0.1) is 15.3 Å². The highest BCUT2D eigenvalue weighted by Gasteiger charge is 2.42. The zero-order valence-corrected chi connectivity index (χ0v) is 14.8. The number of rotatable bonds is 4. The highest BCUT2D eigenvalue weighted by Crippen LogP contribution is 2.33. The molecular formula is C19H20N6O2. The van der Waals surface area contributed by atoms with Crippen LogP contribution in [0.3, 0.4) is 0 Å². The van der Waals surface area contributed by atoms with Crippen LogP contribution in [0.2, 0.25) is 0 Å². The number of fused-ring (bicyclic) bond motifs is 2. The van der Waals surface area contributed by atoms with E-state index in [1.807, 2.05) is 47.4 Å². The number of likely N-dealkylation sites (tertiary alicyclic amines) is 1. The number of carbonyl (C=O) groups is 1. The fourth-order valence-electron chi connectivity index (χ4n) is 4.02. The van der Waals surface area contributed by atoms with Gasteiger partial charge in [0, 0.05) is 38.0 Å². The number of amides is 1. The van der Waals surface area contributed by atoms with Gasteiger partial charge in [-0.1, -0.05) is 18.2 Å². The van der Waals surface area contributed by atoms with E-state index in [0.717, 1.165) is 43.4 Å². The maximum absolute atomic E-state index is 12.5. The van der Waals surface area contributed by atoms with E-state index in [9.17, 15) is 4.79 Å². The second-order valence-electron chi connectivity index (χ2n) is 7.15. The Labute approximate surface area is 156 Å². The fraction of sp³-hybridized carbons (Fsp3) is 0.368. The van der Waals surface area contributed by atoms with Gasteiger partial charge in [0.1, 0.15) is 17.9 Å². The van der Waals surface area contributed by atoms with Gasteiger partial charge in [-0.3, -0.25) is 4.79 Å². The summed E-state index contributed by atoms with van der Waals surface area (Å²) < 4.78 is 7.29. The molecule has 2 saturated heterocycles. The number of anilines is 1. The summed E-state index contributed by atoms with van der Waals surface area (Å²) in [5.74, 6) is 2.67. The van der Waals surface area contributed by atoms with Crippen molar-refractivity contribution in [1.82, 2.24) is 24.7 Å². The van der Waals surface area contributed by atoms with Crippen LogP contribution in [0, 0.1) is 11.8 Å². The molecule has 0 spiro atoms. The summed E-state index contributed by atoms with van der Waals surface area (Å²) in [7, 11) is 0. The minimum atomic E-state index is 0.0591. The lowest BCUT2D eigenvalue weighted by Crippen LogP contribution is -2.36. The first-order chi connectivity index (χ1) is 13.3. The third-order valence-electron chi connectivity index (χ3n) is 5.42. The van der Waals surface area contributed by atoms with Gasteiger partial charge in [-0.05, 0) is 24.3 Å². The zero-order chi connectivity index (χ0) is 18.2. The van der Waals surface area contributed by atoms with Crippen LogP contribution in [0.4, 0.5) is 5.82 Å². The smallest absolute Gasteiger partial charge is 0.260 e. The van der Waals surface area contributed by atoms with Gasteiger partial charge in [0.05, 0.1) is 0 Å². The van der Waals surface area contributed by atoms with Gasteiger partial charge in [-0.2, -0.15) is 4.52 Å². The first kappa shape index (κ1) is 16.0. The van der Waals surface area contributed by atoms with Gasteiger partial charge in [-0.25, -0.2) is 0 Å². The van der Waals surface area contributed by atoms with Crippen LogP contribution in [0.1, 0.15) is 0 Å². The molecule has 0 N–H and O–H groups in total. The molecule has 2 aromatic heterocycles. The van der Waals surface area contributed by atoms with Crippen molar-refractivity contribution >= 4 is 17.4 Å². The van der Waals surface area contributed by atoms with Gasteiger partial charge in [0.2, 0.25) is 0 Å². The Morgan fingerprint density at radius 2 is 1.81 bits per heavy atom. The lowest BCUT2D eigenvalue weighted by Gasteiger charge is -2.22. The molecule has 0 bridgehead atoms. The van der Waals surface area contributed by atoms with Crippen LogP contribution < -0.4 is 9.64 Å². The molecule has 3 aromatic rings. The summed E-state index contributed by atoms with van der Waals surface area (Å²) in [6, 6.07) is 13.4. The summed E-state index contributed by atoms with van der Waals surface area (Å²) in [5, 5.41) is 12.4. The molecule has 2 aliphatic heterocycles. The molecule has 2 aliphatic rings. The molecule has 1 aromatic carbocycles. The molecule has 2 fully saturated rings. The predicted octanol–water partition coefficient (Wildman–Crippen LogP) is 1.10. The first-order valence-corrected chi connectivity index (χ1v) is 9.14. The standard InChI is InChI=1S/C19H20N6O2/c26-19(12-27-16-4-2-1-3-5-16)24-10-14-8-23(9-15(14)11-24)18-7-6-17-21-20-13-25(17)22-18/h1-7,13-15H,8-12H2. The Morgan fingerprint density at radius 1 is 1.04 bits per heavy atom. The quantitative estimate of drug-likeness (QED) is 0.690. The molecule has 4 heterocycles. The van der Waals surface area contributed by atoms with E-state index < -0.39 is 0 Å². The van der Waals surface area contributed by atoms with Crippen LogP contribution in [0.15, 0.2) is 48.8 Å². The van der Waals surface area contributed by atoms with Crippen molar-refractivity contribution in [2.45, 2.75) is 0 Å². The second kappa shape index (κ2) is 6.53. The number of ether oxygens (including phenoxy) is 1. The van der Waals surface area contributed by atoms with E-state index in [2.05, 4.69) is 20.2 Å². The van der Waals surface area contributed by atoms with Crippen molar-refractivity contribution in [3.05, 3.63) is 48.8 Å². The summed E-state index contributed by atoms with van der Waals surface area (Å²) >= 11 is 0. The SMILES string of the molecule is O=C(COc1ccccc1)N1CC2CN(c3ccc4nncn4n3)CC2C1. The van der Waals surface area contributed by atoms with Crippen LogP contribution in [-0.4, -0.2) is 63.4 Å². The van der Waals surface area contributed by atoms with E-state index in [1.165, 1.54) is 0 Å². The number of benzene rings is 1. The molecule has 5 rings (SSSR count). The number of aromatic nitrogens is 4. The molecule has 1 amide bonds. The predicted molar refractivity (Wildman–Crippen MR) is 98.5 cm³/mol. The van der Waals surface area contributed by atoms with Crippen LogP contribution in [0.5, 0.6) is 5.75 Å². The Kier molecular flexibility index (Phi) is 3.88. The largest absolute Gasteiger partial charge is 0.484 e. The highest BCUT2D eigenvalue weighted by molar-refractivity contribution is 5.78. The van der Waals surface area contributed by atoms with Crippen molar-refractivity contribution in [2.75, 3.05) is 37.7 Å². The van der Waals surface area contributed by atoms with Gasteiger partial charge < -0.3 is 14.5 Å². The van der Waals surface area contributed by atoms with Crippen molar-refractivity contribution in [2.24, 2.45) is 11.8 Å². The molecule has 27 heavy (non-hydrogen) atoms. The van der Waals surface area contributed by atoms with Crippen molar-refractivity contribution in [1.29, 1.82) is 0 Å². The molecular weight excluding hydrogens is 344 g/mol. The van der Waals surface area contributed by atoms with Gasteiger partial charge >= 0.3 is 0 Å². The van der Waals surface area contributed by atoms with Crippen LogP contribution in [-0.2, 0) is 4.79 Å². The highest BCUT2D eigenvalue weighted by atomic mass is 16.5. The van der Waals surface area contributed by atoms with Crippen molar-refractivity contribution in [3.63, 3.8) is 0 Å². The average molecular weight is 364 g/mol. The molecule has 0 radical (unpaired) electrons. The van der Waals surface area contributed by atoms with E-state index in [4.69, 9.17) is 4.74 Å². The van der Waals surface area contributed by atoms with E-state index in [1.54, 1.807) is 10.8 Å². The van der Waals surface area contributed by atoms with E-state index in [-0.39, 0.29) is 12.5 Å². The fourth-order valence-corrected chi connectivity index (χ4v) is 4.02. The monoisotopic (exact) mass is 364 g/mol. The average Bonchev–Trinajstić information content (AvgIpc) is 3.40. The van der Waals surface area contributed by atoms with Gasteiger partial charge in [0.25, 0.3) is 5.91 Å². The Bertz CT molecular complexity index is 945. The van der Waals surface area contributed by atoms with Crippen LogP contribution >= 0.6 is 0 Å². The third kappa shape index (κ3) is 3.07. The summed E-state index contributed by atoms with van der Waals surface area (Å²) in [5.41, 5.74) is 0.744. The molecule has 8 heteroatoms. The first-order valence-electron chi connectivity index (χ1n) is 9.14. The number of hydrogen-bond acceptors (Lipinski definition) is 6. The zero-order valence-electron chi connectivity index (χ0n) is 14.8. The number of nitrogens with zero attached hydrogens (tertiary/aromatic N) is 6. The Morgan fingerprint density at radius 3 is 2.59 bits per heavy atom. The van der Waals surface area contributed by atoms with Crippen molar-refractivity contribution in [3.8, 4) is 5.75 Å². The molecule has 0 saturated carbocycles. The topological polar surface area (TPSA) is 75.9 Å². The Hall–Kier alpha value is -3.16. The second-order valence-corrected chi connectivity index (χ2v) is 7.15. The van der Waals surface area contributed by atoms with E-state index >= 15 is 0 Å². The van der Waals surface area contributed by atoms with Crippen molar-refractivity contribution < 1.29 is 9.53 Å². The number of carbonyl (C=O) groups excluding carboxylic acids is 1. The minimum Gasteiger partial charge on any atom is -0.484 e. The maximum Gasteiger partial charge on any atom is 0.260 e.